The van der Waals surface area contributed by atoms with Crippen molar-refractivity contribution in [3.8, 4) is 0 Å². The van der Waals surface area contributed by atoms with E-state index in [-0.39, 0.29) is 11.4 Å². The second-order valence-corrected chi connectivity index (χ2v) is 4.86. The number of nitrogens with zero attached hydrogens (tertiary/aromatic N) is 3. The van der Waals surface area contributed by atoms with Gasteiger partial charge in [-0.1, -0.05) is 0 Å². The zero-order chi connectivity index (χ0) is 14.7. The number of benzene rings is 1. The third kappa shape index (κ3) is 3.28. The molecule has 1 aliphatic rings. The van der Waals surface area contributed by atoms with Crippen molar-refractivity contribution in [2.45, 2.75) is 25.5 Å². The molecule has 20 heavy (non-hydrogen) atoms. The molecule has 0 aromatic heterocycles. The van der Waals surface area contributed by atoms with E-state index in [1.54, 1.807) is 0 Å². The summed E-state index contributed by atoms with van der Waals surface area (Å²) in [6.45, 7) is 1.53. The summed E-state index contributed by atoms with van der Waals surface area (Å²) in [4.78, 5) is 22.3. The molecule has 0 spiro atoms. The van der Waals surface area contributed by atoms with E-state index in [2.05, 4.69) is 0 Å². The van der Waals surface area contributed by atoms with Gasteiger partial charge in [0.15, 0.2) is 0 Å². The van der Waals surface area contributed by atoms with Gasteiger partial charge in [-0.2, -0.15) is 0 Å². The van der Waals surface area contributed by atoms with Crippen LogP contribution in [0.4, 0.5) is 11.4 Å². The number of piperidine rings is 1. The number of β-amino-alcohol motifs (C(OH)–C–C–N with tert-alkyl or cyclic N) is 1. The van der Waals surface area contributed by atoms with Crippen LogP contribution < -0.4 is 0 Å². The van der Waals surface area contributed by atoms with E-state index >= 15 is 0 Å². The highest BCUT2D eigenvalue weighted by atomic mass is 16.6. The van der Waals surface area contributed by atoms with Gasteiger partial charge in [-0.3, -0.25) is 25.1 Å². The molecular weight excluding hydrogens is 266 g/mol. The Morgan fingerprint density at radius 1 is 1.30 bits per heavy atom. The smallest absolute Gasteiger partial charge is 0.280 e. The Balaban J connectivity index is 2.22. The maximum Gasteiger partial charge on any atom is 0.280 e. The van der Waals surface area contributed by atoms with Gasteiger partial charge in [0.2, 0.25) is 0 Å². The van der Waals surface area contributed by atoms with Gasteiger partial charge in [-0.05, 0) is 25.5 Å². The van der Waals surface area contributed by atoms with Crippen molar-refractivity contribution < 1.29 is 15.0 Å². The Morgan fingerprint density at radius 2 is 2.05 bits per heavy atom. The topological polar surface area (TPSA) is 110 Å². The summed E-state index contributed by atoms with van der Waals surface area (Å²) < 4.78 is 0. The summed E-state index contributed by atoms with van der Waals surface area (Å²) in [5.74, 6) is 0. The van der Waals surface area contributed by atoms with Crippen molar-refractivity contribution in [2.75, 3.05) is 13.1 Å². The average Bonchev–Trinajstić information content (AvgIpc) is 2.38. The molecule has 0 aliphatic carbocycles. The van der Waals surface area contributed by atoms with E-state index in [1.165, 1.54) is 12.1 Å². The molecule has 8 heteroatoms. The Labute approximate surface area is 114 Å². The minimum absolute atomic E-state index is 0.251. The SMILES string of the molecule is O=[N+]([O-])c1ccc(CN2CCCC(O)C2)c([N+](=O)[O-])c1. The maximum absolute atomic E-state index is 11.0. The van der Waals surface area contributed by atoms with Crippen LogP contribution >= 0.6 is 0 Å². The second-order valence-electron chi connectivity index (χ2n) is 4.86. The molecule has 0 saturated carbocycles. The zero-order valence-electron chi connectivity index (χ0n) is 10.8. The van der Waals surface area contributed by atoms with Gasteiger partial charge in [0.1, 0.15) is 0 Å². The van der Waals surface area contributed by atoms with Crippen LogP contribution in [0.1, 0.15) is 18.4 Å². The summed E-state index contributed by atoms with van der Waals surface area (Å²) in [6, 6.07) is 3.66. The Hall–Kier alpha value is -2.06. The lowest BCUT2D eigenvalue weighted by Crippen LogP contribution is -2.37. The fourth-order valence-electron chi connectivity index (χ4n) is 2.39. The van der Waals surface area contributed by atoms with Crippen LogP contribution in [0, 0.1) is 20.2 Å². The molecule has 2 rings (SSSR count). The molecule has 0 radical (unpaired) electrons. The molecule has 1 saturated heterocycles. The number of nitro benzene ring substituents is 2. The molecule has 1 heterocycles. The molecule has 8 nitrogen and oxygen atoms in total. The van der Waals surface area contributed by atoms with E-state index < -0.39 is 16.0 Å². The normalized spacial score (nSPS) is 19.8. The van der Waals surface area contributed by atoms with Gasteiger partial charge < -0.3 is 5.11 Å². The minimum atomic E-state index is -0.651. The van der Waals surface area contributed by atoms with E-state index in [0.29, 0.717) is 18.7 Å². The first-order valence-corrected chi connectivity index (χ1v) is 6.29. The predicted octanol–water partition coefficient (Wildman–Crippen LogP) is 1.46. The predicted molar refractivity (Wildman–Crippen MR) is 70.3 cm³/mol. The van der Waals surface area contributed by atoms with Crippen molar-refractivity contribution in [3.63, 3.8) is 0 Å². The molecule has 108 valence electrons. The summed E-state index contributed by atoms with van der Waals surface area (Å²) in [5, 5.41) is 31.3. The summed E-state index contributed by atoms with van der Waals surface area (Å²) in [6.07, 6.45) is 1.15. The van der Waals surface area contributed by atoms with E-state index in [9.17, 15) is 25.3 Å². The molecule has 0 bridgehead atoms. The van der Waals surface area contributed by atoms with Crippen LogP contribution in [-0.4, -0.2) is 39.0 Å². The van der Waals surface area contributed by atoms with E-state index in [1.807, 2.05) is 4.90 Å². The van der Waals surface area contributed by atoms with Crippen LogP contribution in [0.2, 0.25) is 0 Å². The lowest BCUT2D eigenvalue weighted by atomic mass is 10.1. The molecule has 1 aromatic carbocycles. The Kier molecular flexibility index (Phi) is 4.26. The first-order chi connectivity index (χ1) is 9.47. The zero-order valence-corrected chi connectivity index (χ0v) is 10.8. The van der Waals surface area contributed by atoms with Gasteiger partial charge in [-0.15, -0.1) is 0 Å². The number of nitro groups is 2. The van der Waals surface area contributed by atoms with Crippen LogP contribution in [0.15, 0.2) is 18.2 Å². The van der Waals surface area contributed by atoms with Crippen LogP contribution in [0.25, 0.3) is 0 Å². The number of aliphatic hydroxyl groups excluding tert-OH is 1. The first kappa shape index (κ1) is 14.4. The largest absolute Gasteiger partial charge is 0.392 e. The van der Waals surface area contributed by atoms with Gasteiger partial charge in [0.25, 0.3) is 11.4 Å². The van der Waals surface area contributed by atoms with Crippen molar-refractivity contribution in [3.05, 3.63) is 44.0 Å². The second kappa shape index (κ2) is 5.93. The number of hydrogen-bond donors (Lipinski definition) is 1. The van der Waals surface area contributed by atoms with Crippen LogP contribution in [-0.2, 0) is 6.54 Å². The maximum atomic E-state index is 11.0. The fourth-order valence-corrected chi connectivity index (χ4v) is 2.39. The average molecular weight is 281 g/mol. The molecule has 0 amide bonds. The molecular formula is C12H15N3O5. The lowest BCUT2D eigenvalue weighted by molar-refractivity contribution is -0.394. The van der Waals surface area contributed by atoms with Gasteiger partial charge >= 0.3 is 0 Å². The van der Waals surface area contributed by atoms with Gasteiger partial charge in [0.05, 0.1) is 22.0 Å². The molecule has 1 N–H and O–H groups in total. The summed E-state index contributed by atoms with van der Waals surface area (Å²) >= 11 is 0. The van der Waals surface area contributed by atoms with Crippen LogP contribution in [0.3, 0.4) is 0 Å². The van der Waals surface area contributed by atoms with E-state index in [4.69, 9.17) is 0 Å². The molecule has 1 fully saturated rings. The van der Waals surface area contributed by atoms with Crippen molar-refractivity contribution in [1.29, 1.82) is 0 Å². The lowest BCUT2D eigenvalue weighted by Gasteiger charge is -2.29. The fraction of sp³-hybridized carbons (Fsp3) is 0.500. The van der Waals surface area contributed by atoms with Gasteiger partial charge in [-0.25, -0.2) is 0 Å². The monoisotopic (exact) mass is 281 g/mol. The number of aliphatic hydroxyl groups is 1. The van der Waals surface area contributed by atoms with Crippen molar-refractivity contribution >= 4 is 11.4 Å². The number of likely N-dealkylation sites (tertiary alicyclic amines) is 1. The Bertz CT molecular complexity index is 534. The highest BCUT2D eigenvalue weighted by Crippen LogP contribution is 2.26. The minimum Gasteiger partial charge on any atom is -0.392 e. The summed E-state index contributed by atoms with van der Waals surface area (Å²) in [7, 11) is 0. The highest BCUT2D eigenvalue weighted by molar-refractivity contribution is 5.49. The van der Waals surface area contributed by atoms with Gasteiger partial charge in [0, 0.05) is 24.7 Å². The van der Waals surface area contributed by atoms with Crippen molar-refractivity contribution in [1.82, 2.24) is 4.90 Å². The standard InChI is InChI=1S/C12H15N3O5/c16-11-2-1-5-13(8-11)7-9-3-4-10(14(17)18)6-12(9)15(19)20/h3-4,6,11,16H,1-2,5,7-8H2. The number of hydrogen-bond acceptors (Lipinski definition) is 6. The summed E-state index contributed by atoms with van der Waals surface area (Å²) in [5.41, 5.74) is -0.118. The molecule has 1 aliphatic heterocycles. The van der Waals surface area contributed by atoms with Crippen LogP contribution in [0.5, 0.6) is 0 Å². The Morgan fingerprint density at radius 3 is 2.65 bits per heavy atom. The van der Waals surface area contributed by atoms with Crippen molar-refractivity contribution in [2.24, 2.45) is 0 Å². The molecule has 1 aromatic rings. The third-order valence-corrected chi connectivity index (χ3v) is 3.35. The number of rotatable bonds is 4. The number of non-ortho nitro benzene ring substituents is 1. The first-order valence-electron chi connectivity index (χ1n) is 6.29. The highest BCUT2D eigenvalue weighted by Gasteiger charge is 2.23. The third-order valence-electron chi connectivity index (χ3n) is 3.35. The molecule has 1 unspecified atom stereocenters. The molecule has 1 atom stereocenters. The quantitative estimate of drug-likeness (QED) is 0.660. The van der Waals surface area contributed by atoms with E-state index in [0.717, 1.165) is 25.5 Å².